The van der Waals surface area contributed by atoms with Crippen molar-refractivity contribution in [2.75, 3.05) is 33.3 Å². The largest absolute Gasteiger partial charge is 0.497 e. The third-order valence-corrected chi connectivity index (χ3v) is 6.03. The number of benzene rings is 2. The fourth-order valence-corrected chi connectivity index (χ4v) is 4.27. The van der Waals surface area contributed by atoms with Crippen molar-refractivity contribution in [1.29, 1.82) is 5.26 Å². The molecule has 7 nitrogen and oxygen atoms in total. The summed E-state index contributed by atoms with van der Waals surface area (Å²) in [7, 11) is 1.63. The molecule has 3 aromatic rings. The maximum Gasteiger partial charge on any atom is 0.257 e. The number of methoxy groups -OCH3 is 1. The highest BCUT2D eigenvalue weighted by atomic mass is 16.5. The Kier molecular flexibility index (Phi) is 6.24. The maximum atomic E-state index is 13.3. The third kappa shape index (κ3) is 4.10. The minimum Gasteiger partial charge on any atom is -0.497 e. The van der Waals surface area contributed by atoms with Gasteiger partial charge in [0, 0.05) is 26.2 Å². The number of ether oxygens (including phenoxy) is 1. The van der Waals surface area contributed by atoms with Gasteiger partial charge >= 0.3 is 0 Å². The van der Waals surface area contributed by atoms with Crippen LogP contribution in [0.15, 0.2) is 54.6 Å². The molecule has 0 radical (unpaired) electrons. The summed E-state index contributed by atoms with van der Waals surface area (Å²) in [6, 6.07) is 19.5. The molecule has 4 rings (SSSR count). The van der Waals surface area contributed by atoms with Crippen molar-refractivity contribution < 1.29 is 9.53 Å². The van der Waals surface area contributed by atoms with Gasteiger partial charge in [0.25, 0.3) is 5.91 Å². The molecular weight excluding hydrogens is 402 g/mol. The van der Waals surface area contributed by atoms with E-state index in [9.17, 15) is 10.1 Å². The summed E-state index contributed by atoms with van der Waals surface area (Å²) < 4.78 is 7.04. The van der Waals surface area contributed by atoms with E-state index in [0.717, 1.165) is 28.4 Å². The number of nitriles is 1. The zero-order chi connectivity index (χ0) is 22.7. The van der Waals surface area contributed by atoms with Crippen LogP contribution in [0.2, 0.25) is 0 Å². The first-order valence-corrected chi connectivity index (χ1v) is 10.7. The molecule has 0 spiro atoms. The first-order chi connectivity index (χ1) is 15.5. The van der Waals surface area contributed by atoms with Gasteiger partial charge in [-0.1, -0.05) is 30.3 Å². The lowest BCUT2D eigenvalue weighted by molar-refractivity contribution is 0.0605. The molecule has 1 aliphatic rings. The third-order valence-electron chi connectivity index (χ3n) is 6.03. The Labute approximate surface area is 188 Å². The van der Waals surface area contributed by atoms with Crippen LogP contribution in [0.4, 0.5) is 0 Å². The minimum absolute atomic E-state index is 0.000198. The number of para-hydroxylation sites is 1. The predicted molar refractivity (Wildman–Crippen MR) is 122 cm³/mol. The van der Waals surface area contributed by atoms with E-state index in [0.29, 0.717) is 31.7 Å². The monoisotopic (exact) mass is 429 g/mol. The molecular formula is C25H27N5O2. The normalized spacial score (nSPS) is 15.2. The van der Waals surface area contributed by atoms with Crippen molar-refractivity contribution >= 4 is 5.91 Å². The summed E-state index contributed by atoms with van der Waals surface area (Å²) in [5.74, 6) is 0.766. The van der Waals surface area contributed by atoms with E-state index in [2.05, 4.69) is 16.1 Å². The highest BCUT2D eigenvalue weighted by Crippen LogP contribution is 2.25. The van der Waals surface area contributed by atoms with E-state index >= 15 is 0 Å². The van der Waals surface area contributed by atoms with E-state index < -0.39 is 0 Å². The topological polar surface area (TPSA) is 74.4 Å². The second-order valence-corrected chi connectivity index (χ2v) is 7.93. The van der Waals surface area contributed by atoms with Crippen LogP contribution in [0.5, 0.6) is 5.75 Å². The van der Waals surface area contributed by atoms with Crippen LogP contribution in [0, 0.1) is 25.2 Å². The molecule has 7 heteroatoms. The lowest BCUT2D eigenvalue weighted by Gasteiger charge is -2.37. The van der Waals surface area contributed by atoms with Gasteiger partial charge in [0.05, 0.1) is 35.8 Å². The van der Waals surface area contributed by atoms with Gasteiger partial charge in [0.2, 0.25) is 0 Å². The lowest BCUT2D eigenvalue weighted by atomic mass is 10.0. The number of nitrogens with zero attached hydrogens (tertiary/aromatic N) is 5. The number of carbonyl (C=O) groups is 1. The molecule has 1 amide bonds. The Bertz CT molecular complexity index is 1120. The average molecular weight is 430 g/mol. The van der Waals surface area contributed by atoms with Gasteiger partial charge in [0.1, 0.15) is 11.8 Å². The SMILES string of the molecule is COc1ccc(C(C#N)N2CCN(C(=O)c3c(C)nn(-c4ccccc4)c3C)CC2)cc1. The Hall–Kier alpha value is -3.63. The van der Waals surface area contributed by atoms with Crippen molar-refractivity contribution in [3.8, 4) is 17.5 Å². The Morgan fingerprint density at radius 3 is 2.28 bits per heavy atom. The zero-order valence-electron chi connectivity index (χ0n) is 18.7. The molecule has 0 saturated carbocycles. The molecule has 1 atom stereocenters. The van der Waals surface area contributed by atoms with Gasteiger partial charge < -0.3 is 9.64 Å². The van der Waals surface area contributed by atoms with Crippen LogP contribution in [0.1, 0.15) is 33.4 Å². The summed E-state index contributed by atoms with van der Waals surface area (Å²) >= 11 is 0. The molecule has 1 aliphatic heterocycles. The molecule has 0 N–H and O–H groups in total. The number of hydrogen-bond acceptors (Lipinski definition) is 5. The van der Waals surface area contributed by atoms with Crippen molar-refractivity contribution in [1.82, 2.24) is 19.6 Å². The number of amides is 1. The fraction of sp³-hybridized carbons (Fsp3) is 0.320. The van der Waals surface area contributed by atoms with Gasteiger partial charge in [-0.05, 0) is 43.7 Å². The first kappa shape index (κ1) is 21.6. The standard InChI is InChI=1S/C25H27N5O2/c1-18-24(19(2)30(27-18)21-7-5-4-6-8-21)25(31)29-15-13-28(14-16-29)23(17-26)20-9-11-22(32-3)12-10-20/h4-12,23H,13-16H2,1-3H3. The second-order valence-electron chi connectivity index (χ2n) is 7.93. The van der Waals surface area contributed by atoms with E-state index in [1.54, 1.807) is 7.11 Å². The van der Waals surface area contributed by atoms with Crippen molar-refractivity contribution in [3.63, 3.8) is 0 Å². The van der Waals surface area contributed by atoms with Crippen LogP contribution < -0.4 is 4.74 Å². The Balaban J connectivity index is 1.47. The smallest absolute Gasteiger partial charge is 0.257 e. The maximum absolute atomic E-state index is 13.3. The number of piperazine rings is 1. The minimum atomic E-state index is -0.345. The second kappa shape index (κ2) is 9.25. The van der Waals surface area contributed by atoms with E-state index in [4.69, 9.17) is 4.74 Å². The van der Waals surface area contributed by atoms with Crippen molar-refractivity contribution in [2.24, 2.45) is 0 Å². The highest BCUT2D eigenvalue weighted by molar-refractivity contribution is 5.96. The number of carbonyl (C=O) groups excluding carboxylic acids is 1. The molecule has 1 fully saturated rings. The number of hydrogen-bond donors (Lipinski definition) is 0. The van der Waals surface area contributed by atoms with E-state index in [1.165, 1.54) is 0 Å². The fourth-order valence-electron chi connectivity index (χ4n) is 4.27. The highest BCUT2D eigenvalue weighted by Gasteiger charge is 2.30. The van der Waals surface area contributed by atoms with Crippen molar-refractivity contribution in [3.05, 3.63) is 77.1 Å². The molecule has 1 saturated heterocycles. The number of rotatable bonds is 5. The Morgan fingerprint density at radius 1 is 1.03 bits per heavy atom. The van der Waals surface area contributed by atoms with Crippen molar-refractivity contribution in [2.45, 2.75) is 19.9 Å². The lowest BCUT2D eigenvalue weighted by Crippen LogP contribution is -2.49. The van der Waals surface area contributed by atoms with Gasteiger partial charge in [0.15, 0.2) is 0 Å². The van der Waals surface area contributed by atoms with Crippen LogP contribution in [0.3, 0.4) is 0 Å². The molecule has 0 aliphatic carbocycles. The van der Waals surface area contributed by atoms with Gasteiger partial charge in [-0.2, -0.15) is 10.4 Å². The van der Waals surface area contributed by atoms with Gasteiger partial charge in [-0.25, -0.2) is 4.68 Å². The van der Waals surface area contributed by atoms with Crippen LogP contribution in [-0.2, 0) is 0 Å². The average Bonchev–Trinajstić information content (AvgIpc) is 3.14. The van der Waals surface area contributed by atoms with Gasteiger partial charge in [-0.3, -0.25) is 9.69 Å². The molecule has 0 bridgehead atoms. The molecule has 2 aromatic carbocycles. The first-order valence-electron chi connectivity index (χ1n) is 10.7. The Morgan fingerprint density at radius 2 is 1.69 bits per heavy atom. The molecule has 32 heavy (non-hydrogen) atoms. The summed E-state index contributed by atoms with van der Waals surface area (Å²) in [4.78, 5) is 17.3. The van der Waals surface area contributed by atoms with Crippen LogP contribution in [0.25, 0.3) is 5.69 Å². The number of aromatic nitrogens is 2. The summed E-state index contributed by atoms with van der Waals surface area (Å²) in [6.45, 7) is 6.24. The van der Waals surface area contributed by atoms with Gasteiger partial charge in [-0.15, -0.1) is 0 Å². The van der Waals surface area contributed by atoms with E-state index in [-0.39, 0.29) is 11.9 Å². The molecule has 1 unspecified atom stereocenters. The zero-order valence-corrected chi connectivity index (χ0v) is 18.7. The summed E-state index contributed by atoms with van der Waals surface area (Å²) in [5.41, 5.74) is 4.10. The van der Waals surface area contributed by atoms with Crippen LogP contribution >= 0.6 is 0 Å². The summed E-state index contributed by atoms with van der Waals surface area (Å²) in [5, 5.41) is 14.4. The van der Waals surface area contributed by atoms with E-state index in [1.807, 2.05) is 78.0 Å². The summed E-state index contributed by atoms with van der Waals surface area (Å²) in [6.07, 6.45) is 0. The number of aryl methyl sites for hydroxylation is 1. The predicted octanol–water partition coefficient (Wildman–Crippen LogP) is 3.52. The molecule has 2 heterocycles. The quantitative estimate of drug-likeness (QED) is 0.620. The van der Waals surface area contributed by atoms with Crippen LogP contribution in [-0.4, -0.2) is 58.8 Å². The molecule has 1 aromatic heterocycles. The molecule has 164 valence electrons.